The highest BCUT2D eigenvalue weighted by Crippen LogP contribution is 2.25. The third-order valence-corrected chi connectivity index (χ3v) is 3.46. The molecule has 22 heavy (non-hydrogen) atoms. The lowest BCUT2D eigenvalue weighted by Gasteiger charge is -2.13. The smallest absolute Gasteiger partial charge is 0.359 e. The molecule has 120 valence electrons. The summed E-state index contributed by atoms with van der Waals surface area (Å²) in [6, 6.07) is 0. The number of carbonyl (C=O) groups excluding carboxylic acids is 3. The topological polar surface area (TPSA) is 87.5 Å². The van der Waals surface area contributed by atoms with Gasteiger partial charge in [0.25, 0.3) is 0 Å². The van der Waals surface area contributed by atoms with Gasteiger partial charge in [0.05, 0.1) is 37.4 Å². The molecule has 7 nitrogen and oxygen atoms in total. The number of ether oxygens (including phenoxy) is 2. The molecule has 0 saturated heterocycles. The van der Waals surface area contributed by atoms with E-state index in [1.165, 1.54) is 0 Å². The van der Waals surface area contributed by atoms with Crippen molar-refractivity contribution in [3.8, 4) is 0 Å². The monoisotopic (exact) mass is 308 g/mol. The maximum Gasteiger partial charge on any atom is 0.359 e. The van der Waals surface area contributed by atoms with Crippen molar-refractivity contribution in [3.05, 3.63) is 17.0 Å². The molecule has 0 amide bonds. The summed E-state index contributed by atoms with van der Waals surface area (Å²) in [5.41, 5.74) is 1.13. The highest BCUT2D eigenvalue weighted by atomic mass is 16.5. The van der Waals surface area contributed by atoms with E-state index in [0.717, 1.165) is 6.42 Å². The summed E-state index contributed by atoms with van der Waals surface area (Å²) in [5.74, 6) is -1.01. The minimum atomic E-state index is -0.594. The number of aromatic nitrogens is 2. The van der Waals surface area contributed by atoms with Crippen molar-refractivity contribution in [1.29, 1.82) is 0 Å². The highest BCUT2D eigenvalue weighted by Gasteiger charge is 2.31. The average molecular weight is 308 g/mol. The zero-order valence-corrected chi connectivity index (χ0v) is 12.9. The quantitative estimate of drug-likeness (QED) is 0.741. The fourth-order valence-electron chi connectivity index (χ4n) is 2.54. The van der Waals surface area contributed by atoms with Crippen LogP contribution in [0.25, 0.3) is 0 Å². The Morgan fingerprint density at radius 3 is 2.59 bits per heavy atom. The predicted octanol–water partition coefficient (Wildman–Crippen LogP) is 1.53. The van der Waals surface area contributed by atoms with Gasteiger partial charge in [0.2, 0.25) is 0 Å². The molecule has 1 aromatic heterocycles. The molecule has 1 aliphatic rings. The molecule has 0 fully saturated rings. The Balaban J connectivity index is 2.27. The van der Waals surface area contributed by atoms with E-state index in [1.807, 2.05) is 0 Å². The molecule has 0 saturated carbocycles. The SMILES string of the molecule is CCOC(=O)CCn1nc(C(=O)OCC)c2c1CCCC2=O. The number of ketones is 1. The molecule has 1 aromatic rings. The minimum Gasteiger partial charge on any atom is -0.466 e. The van der Waals surface area contributed by atoms with Gasteiger partial charge in [-0.05, 0) is 26.7 Å². The van der Waals surface area contributed by atoms with Crippen LogP contribution in [-0.4, -0.2) is 40.7 Å². The fraction of sp³-hybridized carbons (Fsp3) is 0.600. The van der Waals surface area contributed by atoms with E-state index in [1.54, 1.807) is 18.5 Å². The second-order valence-electron chi connectivity index (χ2n) is 4.95. The number of nitrogens with zero attached hydrogens (tertiary/aromatic N) is 2. The van der Waals surface area contributed by atoms with Gasteiger partial charge < -0.3 is 9.47 Å². The summed E-state index contributed by atoms with van der Waals surface area (Å²) in [6.45, 7) is 4.27. The summed E-state index contributed by atoms with van der Waals surface area (Å²) >= 11 is 0. The summed E-state index contributed by atoms with van der Waals surface area (Å²) in [7, 11) is 0. The Bertz CT molecular complexity index is 591. The van der Waals surface area contributed by atoms with E-state index >= 15 is 0 Å². The van der Waals surface area contributed by atoms with Crippen molar-refractivity contribution in [2.45, 2.75) is 46.1 Å². The van der Waals surface area contributed by atoms with Crippen molar-refractivity contribution >= 4 is 17.7 Å². The van der Waals surface area contributed by atoms with Crippen LogP contribution in [0.15, 0.2) is 0 Å². The van der Waals surface area contributed by atoms with Crippen molar-refractivity contribution in [2.75, 3.05) is 13.2 Å². The third kappa shape index (κ3) is 3.35. The van der Waals surface area contributed by atoms with E-state index in [0.29, 0.717) is 30.7 Å². The summed E-state index contributed by atoms with van der Waals surface area (Å²) in [4.78, 5) is 35.6. The Hall–Kier alpha value is -2.18. The van der Waals surface area contributed by atoms with Crippen molar-refractivity contribution in [3.63, 3.8) is 0 Å². The second-order valence-corrected chi connectivity index (χ2v) is 4.95. The number of rotatable bonds is 6. The first-order chi connectivity index (χ1) is 10.6. The van der Waals surface area contributed by atoms with Gasteiger partial charge in [-0.15, -0.1) is 0 Å². The lowest BCUT2D eigenvalue weighted by atomic mass is 9.94. The van der Waals surface area contributed by atoms with Crippen molar-refractivity contribution in [2.24, 2.45) is 0 Å². The van der Waals surface area contributed by atoms with Crippen molar-refractivity contribution in [1.82, 2.24) is 9.78 Å². The van der Waals surface area contributed by atoms with Gasteiger partial charge in [-0.1, -0.05) is 0 Å². The van der Waals surface area contributed by atoms with Gasteiger partial charge in [-0.25, -0.2) is 4.79 Å². The van der Waals surface area contributed by atoms with E-state index in [4.69, 9.17) is 9.47 Å². The number of aryl methyl sites for hydroxylation is 1. The van der Waals surface area contributed by atoms with Crippen LogP contribution in [0.2, 0.25) is 0 Å². The number of hydrogen-bond acceptors (Lipinski definition) is 6. The molecular formula is C15H20N2O5. The first-order valence-corrected chi connectivity index (χ1v) is 7.54. The molecule has 0 unspecified atom stereocenters. The van der Waals surface area contributed by atoms with Crippen LogP contribution < -0.4 is 0 Å². The molecule has 1 heterocycles. The molecule has 0 aliphatic heterocycles. The largest absolute Gasteiger partial charge is 0.466 e. The van der Waals surface area contributed by atoms with Crippen LogP contribution >= 0.6 is 0 Å². The lowest BCUT2D eigenvalue weighted by Crippen LogP contribution is -2.17. The maximum absolute atomic E-state index is 12.1. The van der Waals surface area contributed by atoms with E-state index in [-0.39, 0.29) is 37.0 Å². The van der Waals surface area contributed by atoms with Crippen molar-refractivity contribution < 1.29 is 23.9 Å². The summed E-state index contributed by atoms with van der Waals surface area (Å²) in [5, 5.41) is 4.21. The lowest BCUT2D eigenvalue weighted by molar-refractivity contribution is -0.143. The molecule has 0 bridgehead atoms. The van der Waals surface area contributed by atoms with Gasteiger partial charge >= 0.3 is 11.9 Å². The molecule has 0 radical (unpaired) electrons. The third-order valence-electron chi connectivity index (χ3n) is 3.46. The minimum absolute atomic E-state index is 0.0606. The number of Topliss-reactive ketones (excluding diaryl/α,β-unsaturated/α-hetero) is 1. The Morgan fingerprint density at radius 1 is 1.18 bits per heavy atom. The molecule has 0 N–H and O–H groups in total. The zero-order valence-electron chi connectivity index (χ0n) is 12.9. The molecule has 0 atom stereocenters. The van der Waals surface area contributed by atoms with Gasteiger partial charge in [0, 0.05) is 6.42 Å². The number of fused-ring (bicyclic) bond motifs is 1. The zero-order chi connectivity index (χ0) is 16.1. The highest BCUT2D eigenvalue weighted by molar-refractivity contribution is 6.06. The van der Waals surface area contributed by atoms with Crippen LogP contribution in [0, 0.1) is 0 Å². The molecular weight excluding hydrogens is 288 g/mol. The number of carbonyl (C=O) groups is 3. The van der Waals surface area contributed by atoms with Crippen LogP contribution in [-0.2, 0) is 27.2 Å². The number of esters is 2. The molecule has 1 aliphatic carbocycles. The van der Waals surface area contributed by atoms with Gasteiger partial charge in [-0.2, -0.15) is 5.10 Å². The molecule has 0 aromatic carbocycles. The van der Waals surface area contributed by atoms with Crippen LogP contribution in [0.3, 0.4) is 0 Å². The van der Waals surface area contributed by atoms with E-state index in [2.05, 4.69) is 5.10 Å². The second kappa shape index (κ2) is 7.20. The Labute approximate surface area is 128 Å². The summed E-state index contributed by atoms with van der Waals surface area (Å²) in [6.07, 6.45) is 1.94. The number of hydrogen-bond donors (Lipinski definition) is 0. The Morgan fingerprint density at radius 2 is 1.91 bits per heavy atom. The summed E-state index contributed by atoms with van der Waals surface area (Å²) < 4.78 is 11.4. The average Bonchev–Trinajstić information content (AvgIpc) is 2.86. The van der Waals surface area contributed by atoms with Crippen LogP contribution in [0.4, 0.5) is 0 Å². The molecule has 2 rings (SSSR count). The van der Waals surface area contributed by atoms with Crippen LogP contribution in [0.1, 0.15) is 59.7 Å². The van der Waals surface area contributed by atoms with E-state index in [9.17, 15) is 14.4 Å². The van der Waals surface area contributed by atoms with E-state index < -0.39 is 5.97 Å². The van der Waals surface area contributed by atoms with Crippen LogP contribution in [0.5, 0.6) is 0 Å². The molecule has 7 heteroatoms. The Kier molecular flexibility index (Phi) is 5.30. The fourth-order valence-corrected chi connectivity index (χ4v) is 2.54. The van der Waals surface area contributed by atoms with Gasteiger partial charge in [0.15, 0.2) is 11.5 Å². The van der Waals surface area contributed by atoms with Gasteiger partial charge in [-0.3, -0.25) is 14.3 Å². The molecule has 0 spiro atoms. The standard InChI is InChI=1S/C15H20N2O5/c1-3-21-12(19)8-9-17-10-6-5-7-11(18)13(10)14(16-17)15(20)22-4-2/h3-9H2,1-2H3. The first-order valence-electron chi connectivity index (χ1n) is 7.54. The predicted molar refractivity (Wildman–Crippen MR) is 76.7 cm³/mol. The van der Waals surface area contributed by atoms with Gasteiger partial charge in [0.1, 0.15) is 0 Å². The maximum atomic E-state index is 12.1. The normalized spacial score (nSPS) is 13.6. The first kappa shape index (κ1) is 16.2.